The molecular formula is C9H20N2O2. The van der Waals surface area contributed by atoms with Crippen molar-refractivity contribution in [3.05, 3.63) is 0 Å². The van der Waals surface area contributed by atoms with Gasteiger partial charge >= 0.3 is 0 Å². The van der Waals surface area contributed by atoms with Gasteiger partial charge in [0.15, 0.2) is 0 Å². The van der Waals surface area contributed by atoms with Gasteiger partial charge in [0, 0.05) is 19.5 Å². The molecule has 0 aliphatic carbocycles. The van der Waals surface area contributed by atoms with Crippen LogP contribution in [0.3, 0.4) is 0 Å². The predicted molar refractivity (Wildman–Crippen MR) is 52.7 cm³/mol. The largest absolute Gasteiger partial charge is 0.378 e. The molecule has 0 bridgehead atoms. The molecule has 4 heteroatoms. The number of rotatable bonds is 8. The summed E-state index contributed by atoms with van der Waals surface area (Å²) in [6, 6.07) is 0. The van der Waals surface area contributed by atoms with Gasteiger partial charge in [-0.1, -0.05) is 6.92 Å². The molecule has 0 saturated carbocycles. The monoisotopic (exact) mass is 188 g/mol. The zero-order valence-electron chi connectivity index (χ0n) is 8.56. The van der Waals surface area contributed by atoms with E-state index in [0.717, 1.165) is 13.0 Å². The Morgan fingerprint density at radius 1 is 1.31 bits per heavy atom. The van der Waals surface area contributed by atoms with E-state index in [1.807, 2.05) is 14.0 Å². The summed E-state index contributed by atoms with van der Waals surface area (Å²) in [4.78, 5) is 11.0. The third kappa shape index (κ3) is 9.30. The fourth-order valence-corrected chi connectivity index (χ4v) is 0.854. The molecule has 0 aromatic rings. The number of nitrogens with one attached hydrogen (secondary N) is 2. The lowest BCUT2D eigenvalue weighted by Gasteiger charge is -2.05. The normalized spacial score (nSPS) is 10.0. The van der Waals surface area contributed by atoms with Gasteiger partial charge in [-0.05, 0) is 13.5 Å². The molecule has 0 aromatic carbocycles. The molecule has 0 heterocycles. The fraction of sp³-hybridized carbons (Fsp3) is 0.889. The average Bonchev–Trinajstić information content (AvgIpc) is 2.11. The van der Waals surface area contributed by atoms with Crippen molar-refractivity contribution in [2.24, 2.45) is 0 Å². The number of hydrogen-bond donors (Lipinski definition) is 2. The Bertz CT molecular complexity index is 129. The van der Waals surface area contributed by atoms with E-state index in [4.69, 9.17) is 4.74 Å². The van der Waals surface area contributed by atoms with Gasteiger partial charge in [0.2, 0.25) is 5.91 Å². The molecule has 0 saturated heterocycles. The quantitative estimate of drug-likeness (QED) is 0.533. The maximum Gasteiger partial charge on any atom is 0.220 e. The molecule has 13 heavy (non-hydrogen) atoms. The van der Waals surface area contributed by atoms with E-state index < -0.39 is 0 Å². The number of ether oxygens (including phenoxy) is 1. The van der Waals surface area contributed by atoms with Crippen LogP contribution in [0.4, 0.5) is 0 Å². The molecule has 0 rings (SSSR count). The van der Waals surface area contributed by atoms with Crippen molar-refractivity contribution >= 4 is 5.91 Å². The lowest BCUT2D eigenvalue weighted by atomic mass is 10.3. The molecule has 0 radical (unpaired) electrons. The second kappa shape index (κ2) is 9.48. The van der Waals surface area contributed by atoms with E-state index in [1.54, 1.807) is 0 Å². The molecule has 0 unspecified atom stereocenters. The topological polar surface area (TPSA) is 50.4 Å². The second-order valence-corrected chi connectivity index (χ2v) is 2.82. The van der Waals surface area contributed by atoms with Crippen LogP contribution in [0.5, 0.6) is 0 Å². The fourth-order valence-electron chi connectivity index (χ4n) is 0.854. The summed E-state index contributed by atoms with van der Waals surface area (Å²) in [6.45, 7) is 4.74. The molecular weight excluding hydrogens is 168 g/mol. The van der Waals surface area contributed by atoms with Crippen molar-refractivity contribution in [1.82, 2.24) is 10.6 Å². The first-order chi connectivity index (χ1) is 6.31. The first-order valence-corrected chi connectivity index (χ1v) is 4.80. The SMILES string of the molecule is CCCC(=O)NCCOCCNC. The number of hydrogen-bond acceptors (Lipinski definition) is 3. The van der Waals surface area contributed by atoms with Gasteiger partial charge < -0.3 is 15.4 Å². The van der Waals surface area contributed by atoms with Gasteiger partial charge in [0.05, 0.1) is 13.2 Å². The molecule has 0 spiro atoms. The minimum Gasteiger partial charge on any atom is -0.378 e. The average molecular weight is 188 g/mol. The van der Waals surface area contributed by atoms with Crippen molar-refractivity contribution in [2.75, 3.05) is 33.4 Å². The third-order valence-corrected chi connectivity index (χ3v) is 1.54. The van der Waals surface area contributed by atoms with E-state index in [9.17, 15) is 4.79 Å². The summed E-state index contributed by atoms with van der Waals surface area (Å²) in [5.74, 6) is 0.111. The highest BCUT2D eigenvalue weighted by Crippen LogP contribution is 1.84. The minimum absolute atomic E-state index is 0.111. The van der Waals surface area contributed by atoms with Crippen LogP contribution >= 0.6 is 0 Å². The van der Waals surface area contributed by atoms with E-state index >= 15 is 0 Å². The lowest BCUT2D eigenvalue weighted by molar-refractivity contribution is -0.121. The smallest absolute Gasteiger partial charge is 0.220 e. The predicted octanol–water partition coefficient (Wildman–Crippen LogP) is 0.139. The first-order valence-electron chi connectivity index (χ1n) is 4.80. The summed E-state index contributed by atoms with van der Waals surface area (Å²) in [5, 5.41) is 5.75. The van der Waals surface area contributed by atoms with Crippen LogP contribution in [0.25, 0.3) is 0 Å². The number of likely N-dealkylation sites (N-methyl/N-ethyl adjacent to an activating group) is 1. The zero-order valence-corrected chi connectivity index (χ0v) is 8.56. The van der Waals surface area contributed by atoms with Gasteiger partial charge in [0.25, 0.3) is 0 Å². The van der Waals surface area contributed by atoms with Crippen LogP contribution in [0.15, 0.2) is 0 Å². The third-order valence-electron chi connectivity index (χ3n) is 1.54. The Morgan fingerprint density at radius 2 is 2.00 bits per heavy atom. The first kappa shape index (κ1) is 12.4. The van der Waals surface area contributed by atoms with Crippen LogP contribution in [0, 0.1) is 0 Å². The van der Waals surface area contributed by atoms with Crippen LogP contribution in [-0.2, 0) is 9.53 Å². The highest BCUT2D eigenvalue weighted by molar-refractivity contribution is 5.75. The van der Waals surface area contributed by atoms with Gasteiger partial charge in [0.1, 0.15) is 0 Å². The van der Waals surface area contributed by atoms with Crippen molar-refractivity contribution in [1.29, 1.82) is 0 Å². The van der Waals surface area contributed by atoms with Gasteiger partial charge in [-0.25, -0.2) is 0 Å². The maximum absolute atomic E-state index is 11.0. The molecule has 78 valence electrons. The Kier molecular flexibility index (Phi) is 9.03. The van der Waals surface area contributed by atoms with Gasteiger partial charge in [-0.3, -0.25) is 4.79 Å². The minimum atomic E-state index is 0.111. The Morgan fingerprint density at radius 3 is 2.62 bits per heavy atom. The summed E-state index contributed by atoms with van der Waals surface area (Å²) >= 11 is 0. The molecule has 0 aliphatic rings. The second-order valence-electron chi connectivity index (χ2n) is 2.82. The summed E-state index contributed by atoms with van der Waals surface area (Å²) in [7, 11) is 1.88. The molecule has 0 aromatic heterocycles. The van der Waals surface area contributed by atoms with Gasteiger partial charge in [-0.15, -0.1) is 0 Å². The highest BCUT2D eigenvalue weighted by atomic mass is 16.5. The summed E-state index contributed by atoms with van der Waals surface area (Å²) < 4.78 is 5.23. The molecule has 1 amide bonds. The van der Waals surface area contributed by atoms with Crippen LogP contribution in [0.1, 0.15) is 19.8 Å². The number of amides is 1. The Balaban J connectivity index is 3.02. The molecule has 0 fully saturated rings. The number of carbonyl (C=O) groups excluding carboxylic acids is 1. The van der Waals surface area contributed by atoms with Crippen LogP contribution < -0.4 is 10.6 Å². The summed E-state index contributed by atoms with van der Waals surface area (Å²) in [6.07, 6.45) is 1.50. The van der Waals surface area contributed by atoms with E-state index in [1.165, 1.54) is 0 Å². The standard InChI is InChI=1S/C9H20N2O2/c1-3-4-9(12)11-6-8-13-7-5-10-2/h10H,3-8H2,1-2H3,(H,11,12). The van der Waals surface area contributed by atoms with Crippen molar-refractivity contribution < 1.29 is 9.53 Å². The molecule has 4 nitrogen and oxygen atoms in total. The van der Waals surface area contributed by atoms with Gasteiger partial charge in [-0.2, -0.15) is 0 Å². The van der Waals surface area contributed by atoms with Crippen LogP contribution in [0.2, 0.25) is 0 Å². The Labute approximate surface area is 80.0 Å². The zero-order chi connectivity index (χ0) is 9.94. The van der Waals surface area contributed by atoms with Crippen molar-refractivity contribution in [2.45, 2.75) is 19.8 Å². The molecule has 0 atom stereocenters. The molecule has 0 aliphatic heterocycles. The summed E-state index contributed by atoms with van der Waals surface area (Å²) in [5.41, 5.74) is 0. The maximum atomic E-state index is 11.0. The molecule has 2 N–H and O–H groups in total. The van der Waals surface area contributed by atoms with E-state index in [-0.39, 0.29) is 5.91 Å². The lowest BCUT2D eigenvalue weighted by Crippen LogP contribution is -2.27. The number of carbonyl (C=O) groups is 1. The van der Waals surface area contributed by atoms with Crippen LogP contribution in [-0.4, -0.2) is 39.3 Å². The van der Waals surface area contributed by atoms with E-state index in [2.05, 4.69) is 10.6 Å². The van der Waals surface area contributed by atoms with Crippen molar-refractivity contribution in [3.8, 4) is 0 Å². The van der Waals surface area contributed by atoms with E-state index in [0.29, 0.717) is 26.2 Å². The highest BCUT2D eigenvalue weighted by Gasteiger charge is 1.96. The Hall–Kier alpha value is -0.610. The van der Waals surface area contributed by atoms with Crippen molar-refractivity contribution in [3.63, 3.8) is 0 Å².